The Morgan fingerprint density at radius 3 is 3.07 bits per heavy atom. The molecular formula is C21H24FN3O2. The predicted octanol–water partition coefficient (Wildman–Crippen LogP) is 2.65. The summed E-state index contributed by atoms with van der Waals surface area (Å²) in [6.45, 7) is 2.27. The molecule has 1 fully saturated rings. The van der Waals surface area contributed by atoms with Gasteiger partial charge in [-0.3, -0.25) is 9.78 Å². The maximum Gasteiger partial charge on any atom is 0.224 e. The molecule has 142 valence electrons. The van der Waals surface area contributed by atoms with Crippen LogP contribution in [0.1, 0.15) is 18.4 Å². The summed E-state index contributed by atoms with van der Waals surface area (Å²) in [7, 11) is 2.05. The molecule has 2 aliphatic rings. The summed E-state index contributed by atoms with van der Waals surface area (Å²) >= 11 is 0. The maximum absolute atomic E-state index is 14.1. The van der Waals surface area contributed by atoms with Gasteiger partial charge >= 0.3 is 0 Å². The van der Waals surface area contributed by atoms with E-state index in [0.29, 0.717) is 30.0 Å². The van der Waals surface area contributed by atoms with E-state index in [1.807, 2.05) is 25.2 Å². The predicted molar refractivity (Wildman–Crippen MR) is 101 cm³/mol. The van der Waals surface area contributed by atoms with Gasteiger partial charge in [0.2, 0.25) is 5.91 Å². The quantitative estimate of drug-likeness (QED) is 0.900. The van der Waals surface area contributed by atoms with Crippen molar-refractivity contribution in [3.05, 3.63) is 47.9 Å². The van der Waals surface area contributed by atoms with Crippen LogP contribution in [-0.4, -0.2) is 48.6 Å². The lowest BCUT2D eigenvalue weighted by Crippen LogP contribution is -2.44. The minimum atomic E-state index is -0.298. The molecule has 3 heterocycles. The van der Waals surface area contributed by atoms with E-state index in [1.165, 1.54) is 12.1 Å². The molecule has 27 heavy (non-hydrogen) atoms. The Balaban J connectivity index is 1.43. The molecule has 0 aliphatic carbocycles. The van der Waals surface area contributed by atoms with Gasteiger partial charge in [-0.1, -0.05) is 6.07 Å². The highest BCUT2D eigenvalue weighted by atomic mass is 19.1. The SMILES string of the molecule is CN1CCC[C@H](C(=O)NC[C@H]2Cc3cc(F)cc(-c4ccccn4)c3O2)C1. The summed E-state index contributed by atoms with van der Waals surface area (Å²) in [5.41, 5.74) is 2.17. The van der Waals surface area contributed by atoms with Crippen LogP contribution in [0.3, 0.4) is 0 Å². The van der Waals surface area contributed by atoms with E-state index in [0.717, 1.165) is 31.5 Å². The van der Waals surface area contributed by atoms with Crippen LogP contribution in [0.15, 0.2) is 36.5 Å². The molecule has 0 unspecified atom stereocenters. The number of aromatic nitrogens is 1. The van der Waals surface area contributed by atoms with E-state index in [1.54, 1.807) is 6.20 Å². The first-order chi connectivity index (χ1) is 13.1. The number of benzene rings is 1. The van der Waals surface area contributed by atoms with Crippen molar-refractivity contribution in [3.8, 4) is 17.0 Å². The summed E-state index contributed by atoms with van der Waals surface area (Å²) in [6, 6.07) is 8.51. The molecule has 1 aromatic heterocycles. The number of fused-ring (bicyclic) bond motifs is 1. The lowest BCUT2D eigenvalue weighted by Gasteiger charge is -2.29. The van der Waals surface area contributed by atoms with Crippen LogP contribution in [0.25, 0.3) is 11.3 Å². The molecule has 6 heteroatoms. The molecule has 1 N–H and O–H groups in total. The molecule has 0 saturated carbocycles. The average molecular weight is 369 g/mol. The first kappa shape index (κ1) is 17.9. The normalized spacial score (nSPS) is 22.1. The van der Waals surface area contributed by atoms with Gasteiger partial charge in [-0.05, 0) is 50.7 Å². The number of ether oxygens (including phenoxy) is 1. The van der Waals surface area contributed by atoms with Crippen molar-refractivity contribution in [1.82, 2.24) is 15.2 Å². The Morgan fingerprint density at radius 1 is 1.41 bits per heavy atom. The molecule has 1 saturated heterocycles. The van der Waals surface area contributed by atoms with Crippen molar-refractivity contribution in [2.75, 3.05) is 26.7 Å². The summed E-state index contributed by atoms with van der Waals surface area (Å²) in [4.78, 5) is 19.0. The van der Waals surface area contributed by atoms with E-state index in [-0.39, 0.29) is 23.7 Å². The number of nitrogens with zero attached hydrogens (tertiary/aromatic N) is 2. The van der Waals surface area contributed by atoms with Crippen LogP contribution in [0, 0.1) is 11.7 Å². The van der Waals surface area contributed by atoms with E-state index >= 15 is 0 Å². The number of piperidine rings is 1. The van der Waals surface area contributed by atoms with E-state index < -0.39 is 0 Å². The van der Waals surface area contributed by atoms with Crippen LogP contribution in [0.5, 0.6) is 5.75 Å². The first-order valence-corrected chi connectivity index (χ1v) is 9.47. The Labute approximate surface area is 158 Å². The Morgan fingerprint density at radius 2 is 2.30 bits per heavy atom. The Kier molecular flexibility index (Phi) is 5.07. The largest absolute Gasteiger partial charge is 0.487 e. The molecule has 2 atom stereocenters. The van der Waals surface area contributed by atoms with E-state index in [2.05, 4.69) is 15.2 Å². The van der Waals surface area contributed by atoms with Crippen molar-refractivity contribution < 1.29 is 13.9 Å². The molecule has 1 amide bonds. The number of pyridine rings is 1. The standard InChI is InChI=1S/C21H24FN3O2/c1-25-8-4-5-14(13-25)21(26)24-12-17-10-15-9-16(22)11-18(20(15)27-17)19-6-2-3-7-23-19/h2-3,6-7,9,11,14,17H,4-5,8,10,12-13H2,1H3,(H,24,26)/t14-,17+/m0/s1. The van der Waals surface area contributed by atoms with Gasteiger partial charge in [0.1, 0.15) is 17.7 Å². The van der Waals surface area contributed by atoms with Gasteiger partial charge in [-0.15, -0.1) is 0 Å². The third-order valence-electron chi connectivity index (χ3n) is 5.30. The van der Waals surface area contributed by atoms with Gasteiger partial charge in [-0.2, -0.15) is 0 Å². The number of carbonyl (C=O) groups excluding carboxylic acids is 1. The molecular weight excluding hydrogens is 345 g/mol. The zero-order valence-corrected chi connectivity index (χ0v) is 15.5. The molecule has 2 aliphatic heterocycles. The zero-order chi connectivity index (χ0) is 18.8. The number of nitrogens with one attached hydrogen (secondary N) is 1. The van der Waals surface area contributed by atoms with Gasteiger partial charge in [0.05, 0.1) is 18.2 Å². The van der Waals surface area contributed by atoms with Crippen LogP contribution >= 0.6 is 0 Å². The number of halogens is 1. The molecule has 0 spiro atoms. The van der Waals surface area contributed by atoms with E-state index in [9.17, 15) is 9.18 Å². The zero-order valence-electron chi connectivity index (χ0n) is 15.5. The van der Waals surface area contributed by atoms with E-state index in [4.69, 9.17) is 4.74 Å². The van der Waals surface area contributed by atoms with Crippen molar-refractivity contribution in [3.63, 3.8) is 0 Å². The highest BCUT2D eigenvalue weighted by Gasteiger charge is 2.29. The van der Waals surface area contributed by atoms with Gasteiger partial charge in [0.25, 0.3) is 0 Å². The number of rotatable bonds is 4. The fraction of sp³-hybridized carbons (Fsp3) is 0.429. The summed E-state index contributed by atoms with van der Waals surface area (Å²) in [5.74, 6) is 0.492. The number of carbonyl (C=O) groups is 1. The fourth-order valence-corrected chi connectivity index (χ4v) is 3.96. The summed E-state index contributed by atoms with van der Waals surface area (Å²) in [5, 5.41) is 3.02. The highest BCUT2D eigenvalue weighted by Crippen LogP contribution is 2.38. The lowest BCUT2D eigenvalue weighted by molar-refractivity contribution is -0.126. The van der Waals surface area contributed by atoms with Gasteiger partial charge in [0, 0.05) is 30.3 Å². The highest BCUT2D eigenvalue weighted by molar-refractivity contribution is 5.79. The smallest absolute Gasteiger partial charge is 0.224 e. The first-order valence-electron chi connectivity index (χ1n) is 9.47. The van der Waals surface area contributed by atoms with Crippen molar-refractivity contribution >= 4 is 5.91 Å². The van der Waals surface area contributed by atoms with Crippen LogP contribution in [0.4, 0.5) is 4.39 Å². The van der Waals surface area contributed by atoms with Crippen molar-refractivity contribution in [2.24, 2.45) is 5.92 Å². The summed E-state index contributed by atoms with van der Waals surface area (Å²) < 4.78 is 20.1. The minimum Gasteiger partial charge on any atom is -0.487 e. The second-order valence-electron chi connectivity index (χ2n) is 7.45. The van der Waals surface area contributed by atoms with Gasteiger partial charge in [0.15, 0.2) is 0 Å². The van der Waals surface area contributed by atoms with Crippen molar-refractivity contribution in [1.29, 1.82) is 0 Å². The van der Waals surface area contributed by atoms with Crippen LogP contribution in [0.2, 0.25) is 0 Å². The van der Waals surface area contributed by atoms with Gasteiger partial charge < -0.3 is 15.0 Å². The van der Waals surface area contributed by atoms with Crippen LogP contribution in [-0.2, 0) is 11.2 Å². The number of likely N-dealkylation sites (tertiary alicyclic amines) is 1. The number of hydrogen-bond acceptors (Lipinski definition) is 4. The molecule has 0 bridgehead atoms. The molecule has 2 aromatic rings. The minimum absolute atomic E-state index is 0.0362. The van der Waals surface area contributed by atoms with Crippen LogP contribution < -0.4 is 10.1 Å². The molecule has 5 nitrogen and oxygen atoms in total. The van der Waals surface area contributed by atoms with Gasteiger partial charge in [-0.25, -0.2) is 4.39 Å². The monoisotopic (exact) mass is 369 g/mol. The van der Waals surface area contributed by atoms with Crippen molar-refractivity contribution in [2.45, 2.75) is 25.4 Å². The Bertz CT molecular complexity index is 828. The second-order valence-corrected chi connectivity index (χ2v) is 7.45. The molecule has 4 rings (SSSR count). The summed E-state index contributed by atoms with van der Waals surface area (Å²) in [6.07, 6.45) is 4.05. The Hall–Kier alpha value is -2.47. The average Bonchev–Trinajstić information content (AvgIpc) is 3.09. The maximum atomic E-state index is 14.1. The molecule has 1 aromatic carbocycles. The lowest BCUT2D eigenvalue weighted by atomic mass is 9.97. The fourth-order valence-electron chi connectivity index (χ4n) is 3.96. The number of amides is 1. The number of hydrogen-bond donors (Lipinski definition) is 1. The topological polar surface area (TPSA) is 54.5 Å². The molecule has 0 radical (unpaired) electrons. The third-order valence-corrected chi connectivity index (χ3v) is 5.30. The second kappa shape index (κ2) is 7.64. The third kappa shape index (κ3) is 3.95.